The molecule has 0 unspecified atom stereocenters. The highest BCUT2D eigenvalue weighted by Crippen LogP contribution is 2.32. The Balaban J connectivity index is 2.03. The van der Waals surface area contributed by atoms with Gasteiger partial charge in [-0.25, -0.2) is 0 Å². The van der Waals surface area contributed by atoms with Crippen LogP contribution in [0.5, 0.6) is 17.2 Å². The number of nitro benzene ring substituents is 1. The van der Waals surface area contributed by atoms with Crippen LogP contribution in [0.4, 0.5) is 11.4 Å². The van der Waals surface area contributed by atoms with E-state index in [1.165, 1.54) is 19.2 Å². The molecular weight excluding hydrogens is 328 g/mol. The molecule has 0 aromatic heterocycles. The Labute approximate surface area is 144 Å². The summed E-state index contributed by atoms with van der Waals surface area (Å²) in [5, 5.41) is 13.6. The maximum Gasteiger partial charge on any atom is 0.311 e. The summed E-state index contributed by atoms with van der Waals surface area (Å²) in [7, 11) is 2.89. The summed E-state index contributed by atoms with van der Waals surface area (Å²) in [6.45, 7) is 1.46. The molecule has 2 aromatic carbocycles. The van der Waals surface area contributed by atoms with Gasteiger partial charge in [-0.15, -0.1) is 0 Å². The van der Waals surface area contributed by atoms with Crippen LogP contribution in [0, 0.1) is 17.0 Å². The number of hydrogen-bond donors (Lipinski definition) is 1. The topological polar surface area (TPSA) is 99.9 Å². The molecule has 0 fully saturated rings. The number of aryl methyl sites for hydroxylation is 1. The van der Waals surface area contributed by atoms with Crippen LogP contribution >= 0.6 is 0 Å². The third kappa shape index (κ3) is 4.60. The van der Waals surface area contributed by atoms with Crippen molar-refractivity contribution in [3.63, 3.8) is 0 Å². The van der Waals surface area contributed by atoms with Crippen LogP contribution in [-0.4, -0.2) is 31.7 Å². The number of ether oxygens (including phenoxy) is 3. The van der Waals surface area contributed by atoms with Gasteiger partial charge in [-0.1, -0.05) is 0 Å². The van der Waals surface area contributed by atoms with Crippen LogP contribution in [-0.2, 0) is 4.79 Å². The number of nitrogens with one attached hydrogen (secondary N) is 1. The molecule has 0 aliphatic carbocycles. The van der Waals surface area contributed by atoms with E-state index in [9.17, 15) is 14.9 Å². The number of nitro groups is 1. The standard InChI is InChI=1S/C17H18N2O6/c1-11-8-15(19(21)22)16(24-3)9-14(11)18-17(20)10-25-13-6-4-12(23-2)5-7-13/h4-9H,10H2,1-3H3,(H,18,20). The van der Waals surface area contributed by atoms with Crippen molar-refractivity contribution < 1.29 is 23.9 Å². The Morgan fingerprint density at radius 1 is 1.12 bits per heavy atom. The zero-order valence-electron chi connectivity index (χ0n) is 14.1. The molecule has 2 aromatic rings. The molecule has 1 amide bonds. The fourth-order valence-corrected chi connectivity index (χ4v) is 2.12. The maximum atomic E-state index is 12.0. The van der Waals surface area contributed by atoms with Crippen molar-refractivity contribution in [3.05, 3.63) is 52.1 Å². The van der Waals surface area contributed by atoms with E-state index >= 15 is 0 Å². The summed E-state index contributed by atoms with van der Waals surface area (Å²) < 4.78 is 15.4. The fourth-order valence-electron chi connectivity index (χ4n) is 2.12. The summed E-state index contributed by atoms with van der Waals surface area (Å²) in [6.07, 6.45) is 0. The molecule has 0 aliphatic rings. The van der Waals surface area contributed by atoms with E-state index in [1.807, 2.05) is 0 Å². The third-order valence-electron chi connectivity index (χ3n) is 3.43. The minimum atomic E-state index is -0.537. The first kappa shape index (κ1) is 18.1. The number of amides is 1. The molecule has 0 heterocycles. The number of nitrogens with zero attached hydrogens (tertiary/aromatic N) is 1. The number of carbonyl (C=O) groups is 1. The molecule has 0 saturated carbocycles. The zero-order chi connectivity index (χ0) is 18.4. The van der Waals surface area contributed by atoms with Gasteiger partial charge in [-0.3, -0.25) is 14.9 Å². The van der Waals surface area contributed by atoms with E-state index in [2.05, 4.69) is 5.32 Å². The smallest absolute Gasteiger partial charge is 0.311 e. The Morgan fingerprint density at radius 3 is 2.32 bits per heavy atom. The molecule has 0 saturated heterocycles. The first-order chi connectivity index (χ1) is 11.9. The van der Waals surface area contributed by atoms with E-state index in [0.29, 0.717) is 22.7 Å². The monoisotopic (exact) mass is 346 g/mol. The Kier molecular flexibility index (Phi) is 5.78. The van der Waals surface area contributed by atoms with Crippen molar-refractivity contribution in [1.29, 1.82) is 0 Å². The van der Waals surface area contributed by atoms with Gasteiger partial charge >= 0.3 is 5.69 Å². The Hall–Kier alpha value is -3.29. The molecule has 8 nitrogen and oxygen atoms in total. The second-order valence-corrected chi connectivity index (χ2v) is 5.11. The number of hydrogen-bond acceptors (Lipinski definition) is 6. The van der Waals surface area contributed by atoms with Gasteiger partial charge in [0.25, 0.3) is 5.91 Å². The molecule has 1 N–H and O–H groups in total. The van der Waals surface area contributed by atoms with Crippen molar-refractivity contribution in [2.75, 3.05) is 26.1 Å². The van der Waals surface area contributed by atoms with E-state index in [1.54, 1.807) is 38.3 Å². The Bertz CT molecular complexity index is 773. The van der Waals surface area contributed by atoms with Crippen molar-refractivity contribution in [2.24, 2.45) is 0 Å². The van der Waals surface area contributed by atoms with E-state index in [4.69, 9.17) is 14.2 Å². The molecule has 8 heteroatoms. The lowest BCUT2D eigenvalue weighted by molar-refractivity contribution is -0.385. The zero-order valence-corrected chi connectivity index (χ0v) is 14.1. The van der Waals surface area contributed by atoms with Gasteiger partial charge in [-0.05, 0) is 36.8 Å². The number of carbonyl (C=O) groups excluding carboxylic acids is 1. The highest BCUT2D eigenvalue weighted by molar-refractivity contribution is 5.93. The van der Waals surface area contributed by atoms with Crippen LogP contribution in [0.2, 0.25) is 0 Å². The van der Waals surface area contributed by atoms with E-state index < -0.39 is 10.8 Å². The predicted octanol–water partition coefficient (Wildman–Crippen LogP) is 2.94. The molecule has 0 bridgehead atoms. The van der Waals surface area contributed by atoms with Gasteiger partial charge in [0.15, 0.2) is 12.4 Å². The van der Waals surface area contributed by atoms with Gasteiger partial charge in [0.05, 0.1) is 19.1 Å². The van der Waals surface area contributed by atoms with Gasteiger partial charge in [0.2, 0.25) is 0 Å². The van der Waals surface area contributed by atoms with E-state index in [0.717, 1.165) is 0 Å². The normalized spacial score (nSPS) is 10.0. The first-order valence-electron chi connectivity index (χ1n) is 7.34. The molecule has 0 spiro atoms. The van der Waals surface area contributed by atoms with Gasteiger partial charge < -0.3 is 19.5 Å². The summed E-state index contributed by atoms with van der Waals surface area (Å²) in [6, 6.07) is 9.58. The van der Waals surface area contributed by atoms with Gasteiger partial charge in [0, 0.05) is 17.8 Å². The second kappa shape index (κ2) is 8.00. The first-order valence-corrected chi connectivity index (χ1v) is 7.34. The second-order valence-electron chi connectivity index (χ2n) is 5.11. The number of benzene rings is 2. The molecule has 25 heavy (non-hydrogen) atoms. The fraction of sp³-hybridized carbons (Fsp3) is 0.235. The third-order valence-corrected chi connectivity index (χ3v) is 3.43. The highest BCUT2D eigenvalue weighted by atomic mass is 16.6. The quantitative estimate of drug-likeness (QED) is 0.611. The predicted molar refractivity (Wildman–Crippen MR) is 91.5 cm³/mol. The summed E-state index contributed by atoms with van der Waals surface area (Å²) in [5.74, 6) is 0.885. The maximum absolute atomic E-state index is 12.0. The molecule has 132 valence electrons. The Morgan fingerprint density at radius 2 is 1.76 bits per heavy atom. The lowest BCUT2D eigenvalue weighted by Crippen LogP contribution is -2.20. The average Bonchev–Trinajstić information content (AvgIpc) is 2.61. The van der Waals surface area contributed by atoms with Gasteiger partial charge in [-0.2, -0.15) is 0 Å². The lowest BCUT2D eigenvalue weighted by Gasteiger charge is -2.11. The molecule has 0 radical (unpaired) electrons. The van der Waals surface area contributed by atoms with Crippen molar-refractivity contribution >= 4 is 17.3 Å². The van der Waals surface area contributed by atoms with Crippen LogP contribution in [0.3, 0.4) is 0 Å². The van der Waals surface area contributed by atoms with Crippen LogP contribution < -0.4 is 19.5 Å². The average molecular weight is 346 g/mol. The van der Waals surface area contributed by atoms with Crippen LogP contribution in [0.15, 0.2) is 36.4 Å². The SMILES string of the molecule is COc1ccc(OCC(=O)Nc2cc(OC)c([N+](=O)[O-])cc2C)cc1. The number of methoxy groups -OCH3 is 2. The molecule has 0 atom stereocenters. The minimum Gasteiger partial charge on any atom is -0.497 e. The van der Waals surface area contributed by atoms with Crippen LogP contribution in [0.1, 0.15) is 5.56 Å². The number of rotatable bonds is 7. The van der Waals surface area contributed by atoms with Crippen LogP contribution in [0.25, 0.3) is 0 Å². The molecule has 0 aliphatic heterocycles. The summed E-state index contributed by atoms with van der Waals surface area (Å²) in [5.41, 5.74) is 0.809. The summed E-state index contributed by atoms with van der Waals surface area (Å²) in [4.78, 5) is 22.5. The summed E-state index contributed by atoms with van der Waals surface area (Å²) >= 11 is 0. The van der Waals surface area contributed by atoms with E-state index in [-0.39, 0.29) is 18.0 Å². The van der Waals surface area contributed by atoms with Crippen molar-refractivity contribution in [2.45, 2.75) is 6.92 Å². The number of anilines is 1. The largest absolute Gasteiger partial charge is 0.497 e. The lowest BCUT2D eigenvalue weighted by atomic mass is 10.1. The molecule has 2 rings (SSSR count). The van der Waals surface area contributed by atoms with Crippen molar-refractivity contribution in [1.82, 2.24) is 0 Å². The van der Waals surface area contributed by atoms with Gasteiger partial charge in [0.1, 0.15) is 11.5 Å². The van der Waals surface area contributed by atoms with Crippen molar-refractivity contribution in [3.8, 4) is 17.2 Å². The highest BCUT2D eigenvalue weighted by Gasteiger charge is 2.18. The minimum absolute atomic E-state index is 0.0713. The molecular formula is C17H18N2O6.